The molecule has 2 atom stereocenters. The normalized spacial score (nSPS) is 21.4. The predicted molar refractivity (Wildman–Crippen MR) is 112 cm³/mol. The molecule has 3 amide bonds. The Labute approximate surface area is 182 Å². The second-order valence-corrected chi connectivity index (χ2v) is 7.47. The fourth-order valence-electron chi connectivity index (χ4n) is 3.70. The monoisotopic (exact) mass is 443 g/mol. The van der Waals surface area contributed by atoms with Crippen LogP contribution in [0.5, 0.6) is 0 Å². The average molecular weight is 443 g/mol. The highest BCUT2D eigenvalue weighted by molar-refractivity contribution is 6.01. The first-order valence-corrected chi connectivity index (χ1v) is 10.1. The Kier molecular flexibility index (Phi) is 6.28. The third kappa shape index (κ3) is 4.68. The average Bonchev–Trinajstić information content (AvgIpc) is 3.43. The molecule has 2 aliphatic rings. The molecular weight excluding hydrogens is 421 g/mol. The van der Waals surface area contributed by atoms with Crippen molar-refractivity contribution in [3.05, 3.63) is 48.3 Å². The summed E-state index contributed by atoms with van der Waals surface area (Å²) in [6, 6.07) is 3.10. The first-order chi connectivity index (χ1) is 15.4. The van der Waals surface area contributed by atoms with Crippen LogP contribution < -0.4 is 10.2 Å². The molecule has 3 N–H and O–H groups in total. The van der Waals surface area contributed by atoms with E-state index >= 15 is 0 Å². The van der Waals surface area contributed by atoms with Gasteiger partial charge in [0, 0.05) is 37.5 Å². The summed E-state index contributed by atoms with van der Waals surface area (Å²) in [5, 5.41) is 12.5. The van der Waals surface area contributed by atoms with E-state index in [4.69, 9.17) is 4.74 Å². The number of carbonyl (C=O) groups is 3. The number of nitrogens with zero attached hydrogens (tertiary/aromatic N) is 3. The largest absolute Gasteiger partial charge is 0.391 e. The van der Waals surface area contributed by atoms with Gasteiger partial charge in [-0.25, -0.2) is 9.37 Å². The zero-order chi connectivity index (χ0) is 22.7. The summed E-state index contributed by atoms with van der Waals surface area (Å²) in [7, 11) is 0. The van der Waals surface area contributed by atoms with Crippen molar-refractivity contribution in [2.45, 2.75) is 18.6 Å². The summed E-state index contributed by atoms with van der Waals surface area (Å²) in [4.78, 5) is 46.7. The molecule has 168 valence electrons. The van der Waals surface area contributed by atoms with Crippen molar-refractivity contribution >= 4 is 35.2 Å². The topological polar surface area (TPSA) is 128 Å². The molecule has 0 bridgehead atoms. The van der Waals surface area contributed by atoms with E-state index in [2.05, 4.69) is 15.3 Å². The minimum atomic E-state index is -0.957. The van der Waals surface area contributed by atoms with Crippen molar-refractivity contribution in [3.63, 3.8) is 0 Å². The zero-order valence-corrected chi connectivity index (χ0v) is 17.0. The number of H-pyrrole nitrogens is 1. The van der Waals surface area contributed by atoms with E-state index in [1.165, 1.54) is 40.4 Å². The van der Waals surface area contributed by atoms with Crippen LogP contribution in [0.2, 0.25) is 0 Å². The number of ether oxygens (including phenoxy) is 1. The van der Waals surface area contributed by atoms with E-state index < -0.39 is 29.8 Å². The fraction of sp³-hybridized carbons (Fsp3) is 0.333. The van der Waals surface area contributed by atoms with E-state index in [0.717, 1.165) is 6.07 Å². The lowest BCUT2D eigenvalue weighted by Gasteiger charge is -2.27. The minimum Gasteiger partial charge on any atom is -0.391 e. The molecule has 2 aliphatic heterocycles. The van der Waals surface area contributed by atoms with Crippen LogP contribution in [0.3, 0.4) is 0 Å². The molecule has 10 nitrogen and oxygen atoms in total. The number of aliphatic hydroxyl groups is 1. The highest BCUT2D eigenvalue weighted by Crippen LogP contribution is 2.25. The standard InChI is InChI=1S/C21H22FN5O5/c22-16-7-14(26-5-6-32-11-20(26)30)2-3-17(16)25-21(31)18-8-15(28)10-27(18)19(29)4-1-13-9-23-12-24-13/h1-4,7,9,12,15,18,28H,5-6,8,10-11H2,(H,23,24)(H,25,31)/b4-1+/t15-,18-/m1/s1. The van der Waals surface area contributed by atoms with E-state index in [-0.39, 0.29) is 31.2 Å². The first kappa shape index (κ1) is 21.7. The summed E-state index contributed by atoms with van der Waals surface area (Å²) in [6.45, 7) is 0.589. The predicted octanol–water partition coefficient (Wildman–Crippen LogP) is 0.526. The van der Waals surface area contributed by atoms with Crippen LogP contribution in [0.4, 0.5) is 15.8 Å². The van der Waals surface area contributed by atoms with E-state index in [0.29, 0.717) is 24.5 Å². The molecule has 4 rings (SSSR count). The number of aromatic amines is 1. The van der Waals surface area contributed by atoms with Gasteiger partial charge in [-0.15, -0.1) is 0 Å². The number of hydrogen-bond acceptors (Lipinski definition) is 6. The summed E-state index contributed by atoms with van der Waals surface area (Å²) in [6.07, 6.45) is 4.99. The quantitative estimate of drug-likeness (QED) is 0.579. The number of nitrogens with one attached hydrogen (secondary N) is 2. The highest BCUT2D eigenvalue weighted by Gasteiger charge is 2.38. The number of likely N-dealkylation sites (tertiary alicyclic amines) is 1. The SMILES string of the molecule is O=C(Nc1ccc(N2CCOCC2=O)cc1F)[C@H]1C[C@@H](O)CN1C(=O)/C=C/c1c[nH]cn1. The number of β-amino-alcohol motifs (C(OH)–C–C–N with tert-alkyl or cyclic N) is 1. The van der Waals surface area contributed by atoms with Crippen LogP contribution >= 0.6 is 0 Å². The molecule has 1 aromatic heterocycles. The number of morpholine rings is 1. The van der Waals surface area contributed by atoms with Gasteiger partial charge in [0.2, 0.25) is 11.8 Å². The van der Waals surface area contributed by atoms with Crippen molar-refractivity contribution in [1.82, 2.24) is 14.9 Å². The van der Waals surface area contributed by atoms with Gasteiger partial charge in [-0.05, 0) is 24.3 Å². The lowest BCUT2D eigenvalue weighted by Crippen LogP contribution is -2.42. The molecule has 0 spiro atoms. The zero-order valence-electron chi connectivity index (χ0n) is 17.0. The maximum absolute atomic E-state index is 14.7. The Balaban J connectivity index is 1.45. The Morgan fingerprint density at radius 1 is 1.38 bits per heavy atom. The van der Waals surface area contributed by atoms with Crippen molar-refractivity contribution in [3.8, 4) is 0 Å². The van der Waals surface area contributed by atoms with Crippen LogP contribution in [-0.2, 0) is 19.1 Å². The van der Waals surface area contributed by atoms with Gasteiger partial charge in [0.05, 0.1) is 30.4 Å². The molecular formula is C21H22FN5O5. The molecule has 1 aromatic carbocycles. The van der Waals surface area contributed by atoms with Crippen molar-refractivity contribution < 1.29 is 28.6 Å². The number of imidazole rings is 1. The molecule has 2 aromatic rings. The number of aromatic nitrogens is 2. The van der Waals surface area contributed by atoms with Crippen LogP contribution in [0.1, 0.15) is 12.1 Å². The van der Waals surface area contributed by atoms with Gasteiger partial charge in [0.25, 0.3) is 5.91 Å². The van der Waals surface area contributed by atoms with Gasteiger partial charge in [-0.3, -0.25) is 14.4 Å². The van der Waals surface area contributed by atoms with E-state index in [1.807, 2.05) is 0 Å². The fourth-order valence-corrected chi connectivity index (χ4v) is 3.70. The molecule has 0 unspecified atom stereocenters. The number of hydrogen-bond donors (Lipinski definition) is 3. The molecule has 2 saturated heterocycles. The number of benzene rings is 1. The van der Waals surface area contributed by atoms with Crippen molar-refractivity contribution in [2.24, 2.45) is 0 Å². The number of halogens is 1. The van der Waals surface area contributed by atoms with Gasteiger partial charge < -0.3 is 29.9 Å². The molecule has 0 saturated carbocycles. The minimum absolute atomic E-state index is 0.0115. The van der Waals surface area contributed by atoms with Crippen LogP contribution in [0.25, 0.3) is 6.08 Å². The third-order valence-electron chi connectivity index (χ3n) is 5.29. The van der Waals surface area contributed by atoms with E-state index in [9.17, 15) is 23.9 Å². The molecule has 3 heterocycles. The Bertz CT molecular complexity index is 1040. The van der Waals surface area contributed by atoms with Crippen molar-refractivity contribution in [1.29, 1.82) is 0 Å². The summed E-state index contributed by atoms with van der Waals surface area (Å²) >= 11 is 0. The molecule has 2 fully saturated rings. The van der Waals surface area contributed by atoms with Gasteiger partial charge in [-0.2, -0.15) is 0 Å². The number of aliphatic hydroxyl groups excluding tert-OH is 1. The lowest BCUT2D eigenvalue weighted by atomic mass is 10.1. The maximum atomic E-state index is 14.7. The van der Waals surface area contributed by atoms with Crippen molar-refractivity contribution in [2.75, 3.05) is 36.5 Å². The molecule has 11 heteroatoms. The van der Waals surface area contributed by atoms with E-state index in [1.54, 1.807) is 6.20 Å². The Morgan fingerprint density at radius 2 is 2.22 bits per heavy atom. The van der Waals surface area contributed by atoms with Crippen LogP contribution in [0.15, 0.2) is 36.8 Å². The second kappa shape index (κ2) is 9.28. The number of anilines is 2. The highest BCUT2D eigenvalue weighted by atomic mass is 19.1. The molecule has 0 radical (unpaired) electrons. The lowest BCUT2D eigenvalue weighted by molar-refractivity contribution is -0.132. The first-order valence-electron chi connectivity index (χ1n) is 10.1. The Hall–Kier alpha value is -3.57. The molecule has 32 heavy (non-hydrogen) atoms. The molecule has 0 aliphatic carbocycles. The summed E-state index contributed by atoms with van der Waals surface area (Å²) in [5.41, 5.74) is 0.825. The Morgan fingerprint density at radius 3 is 2.94 bits per heavy atom. The summed E-state index contributed by atoms with van der Waals surface area (Å²) in [5.74, 6) is -2.07. The number of rotatable bonds is 5. The summed E-state index contributed by atoms with van der Waals surface area (Å²) < 4.78 is 19.7. The smallest absolute Gasteiger partial charge is 0.253 e. The maximum Gasteiger partial charge on any atom is 0.253 e. The second-order valence-electron chi connectivity index (χ2n) is 7.47. The number of carbonyl (C=O) groups excluding carboxylic acids is 3. The van der Waals surface area contributed by atoms with Gasteiger partial charge >= 0.3 is 0 Å². The van der Waals surface area contributed by atoms with Crippen LogP contribution in [0, 0.1) is 5.82 Å². The van der Waals surface area contributed by atoms with Gasteiger partial charge in [-0.1, -0.05) is 0 Å². The van der Waals surface area contributed by atoms with Gasteiger partial charge in [0.1, 0.15) is 18.5 Å². The van der Waals surface area contributed by atoms with Gasteiger partial charge in [0.15, 0.2) is 0 Å². The van der Waals surface area contributed by atoms with Crippen LogP contribution in [-0.4, -0.2) is 76.1 Å². The number of amides is 3. The third-order valence-corrected chi connectivity index (χ3v) is 5.29.